The Kier molecular flexibility index (Phi) is 4.78. The van der Waals surface area contributed by atoms with Gasteiger partial charge >= 0.3 is 0 Å². The molecule has 2 aromatic rings. The first-order valence-electron chi connectivity index (χ1n) is 7.45. The molecule has 3 rings (SSSR count). The Morgan fingerprint density at radius 1 is 1.36 bits per heavy atom. The molecule has 0 radical (unpaired) electrons. The Balaban J connectivity index is 2.15. The number of ether oxygens (including phenoxy) is 1. The third kappa shape index (κ3) is 3.38. The average Bonchev–Trinajstić information content (AvgIpc) is 2.94. The van der Waals surface area contributed by atoms with Crippen LogP contribution in [-0.4, -0.2) is 31.9 Å². The van der Waals surface area contributed by atoms with Crippen LogP contribution in [0.1, 0.15) is 19.4 Å². The minimum Gasteiger partial charge on any atom is -0.493 e. The fraction of sp³-hybridized carbons (Fsp3) is 0.250. The molecule has 0 atom stereocenters. The largest absolute Gasteiger partial charge is 0.493 e. The Labute approximate surface area is 152 Å². The molecule has 0 amide bonds. The van der Waals surface area contributed by atoms with E-state index in [1.165, 1.54) is 13.2 Å². The number of hydrogen-bond acceptors (Lipinski definition) is 8. The minimum atomic E-state index is -0.438. The minimum absolute atomic E-state index is 0.203. The van der Waals surface area contributed by atoms with Crippen LogP contribution < -0.4 is 11.3 Å². The number of methoxy groups -OCH3 is 1. The van der Waals surface area contributed by atoms with Crippen molar-refractivity contribution in [2.45, 2.75) is 24.3 Å². The van der Waals surface area contributed by atoms with Crippen LogP contribution in [0.5, 0.6) is 0 Å². The van der Waals surface area contributed by atoms with Crippen LogP contribution in [0, 0.1) is 0 Å². The molecule has 1 aliphatic rings. The van der Waals surface area contributed by atoms with E-state index in [-0.39, 0.29) is 22.9 Å². The van der Waals surface area contributed by atoms with Crippen molar-refractivity contribution in [1.29, 1.82) is 0 Å². The summed E-state index contributed by atoms with van der Waals surface area (Å²) in [4.78, 5) is 28.5. The van der Waals surface area contributed by atoms with Crippen LogP contribution in [-0.2, 0) is 9.53 Å². The van der Waals surface area contributed by atoms with Gasteiger partial charge in [0.15, 0.2) is 10.9 Å². The van der Waals surface area contributed by atoms with Gasteiger partial charge in [-0.1, -0.05) is 31.7 Å². The summed E-state index contributed by atoms with van der Waals surface area (Å²) in [6.45, 7) is 4.09. The molecule has 0 fully saturated rings. The van der Waals surface area contributed by atoms with Gasteiger partial charge in [-0.05, 0) is 23.8 Å². The van der Waals surface area contributed by atoms with Gasteiger partial charge in [-0.15, -0.1) is 0 Å². The molecule has 1 aliphatic carbocycles. The van der Waals surface area contributed by atoms with Crippen molar-refractivity contribution < 1.29 is 9.53 Å². The molecule has 0 spiro atoms. The van der Waals surface area contributed by atoms with Crippen LogP contribution in [0.15, 0.2) is 39.5 Å². The first-order valence-corrected chi connectivity index (χ1v) is 9.10. The number of ketones is 1. The van der Waals surface area contributed by atoms with Crippen LogP contribution in [0.2, 0.25) is 0 Å². The summed E-state index contributed by atoms with van der Waals surface area (Å²) in [5.74, 6) is 0.252. The lowest BCUT2D eigenvalue weighted by atomic mass is 10.0. The van der Waals surface area contributed by atoms with E-state index in [4.69, 9.17) is 10.5 Å². The zero-order valence-electron chi connectivity index (χ0n) is 13.8. The second-order valence-electron chi connectivity index (χ2n) is 5.52. The number of thioether (sulfide) groups is 1. The summed E-state index contributed by atoms with van der Waals surface area (Å²) in [6.07, 6.45) is 6.15. The standard InChI is InChI=1S/C16H16N4O3S2/c1-8(2)24-16-19-25-15-18-14(22)10(13(17)20(15)16)6-9-4-5-11(21)12(7-9)23-3/h4-8H,17H2,1-3H3/b9-6-. The van der Waals surface area contributed by atoms with Gasteiger partial charge < -0.3 is 10.5 Å². The molecular formula is C16H16N4O3S2. The van der Waals surface area contributed by atoms with Crippen molar-refractivity contribution in [2.75, 3.05) is 12.8 Å². The Morgan fingerprint density at radius 2 is 2.12 bits per heavy atom. The molecular weight excluding hydrogens is 360 g/mol. The summed E-state index contributed by atoms with van der Waals surface area (Å²) >= 11 is 2.68. The lowest BCUT2D eigenvalue weighted by molar-refractivity contribution is -0.114. The molecule has 0 aromatic carbocycles. The first kappa shape index (κ1) is 17.4. The van der Waals surface area contributed by atoms with E-state index in [0.29, 0.717) is 20.9 Å². The SMILES string of the molecule is COC1=C/C(=C\c2c(N)n3c(SC(C)C)nsc3nc2=O)C=CC1=O. The predicted octanol–water partition coefficient (Wildman–Crippen LogP) is 2.29. The number of carbonyl (C=O) groups is 1. The van der Waals surface area contributed by atoms with Crippen molar-refractivity contribution in [3.05, 3.63) is 45.5 Å². The quantitative estimate of drug-likeness (QED) is 0.817. The molecule has 0 bridgehead atoms. The van der Waals surface area contributed by atoms with Crippen LogP contribution in [0.25, 0.3) is 11.0 Å². The van der Waals surface area contributed by atoms with Gasteiger partial charge in [-0.2, -0.15) is 9.36 Å². The van der Waals surface area contributed by atoms with Crippen molar-refractivity contribution >= 4 is 45.9 Å². The summed E-state index contributed by atoms with van der Waals surface area (Å²) in [6, 6.07) is 0. The van der Waals surface area contributed by atoms with Crippen molar-refractivity contribution in [1.82, 2.24) is 13.8 Å². The fourth-order valence-corrected chi connectivity index (χ4v) is 3.94. The molecule has 0 unspecified atom stereocenters. The number of carbonyl (C=O) groups excluding carboxylic acids is 1. The summed E-state index contributed by atoms with van der Waals surface area (Å²) in [5.41, 5.74) is 6.69. The molecule has 25 heavy (non-hydrogen) atoms. The molecule has 130 valence electrons. The van der Waals surface area contributed by atoms with Crippen molar-refractivity contribution in [3.63, 3.8) is 0 Å². The molecule has 0 saturated heterocycles. The van der Waals surface area contributed by atoms with Crippen LogP contribution >= 0.6 is 23.3 Å². The number of allylic oxidation sites excluding steroid dienone is 4. The Bertz CT molecular complexity index is 999. The number of rotatable bonds is 4. The van der Waals surface area contributed by atoms with Crippen molar-refractivity contribution in [2.24, 2.45) is 0 Å². The van der Waals surface area contributed by atoms with E-state index in [0.717, 1.165) is 11.5 Å². The van der Waals surface area contributed by atoms with E-state index >= 15 is 0 Å². The third-order valence-corrected chi connectivity index (χ3v) is 5.15. The maximum atomic E-state index is 12.4. The topological polar surface area (TPSA) is 99.6 Å². The number of nitrogens with zero attached hydrogens (tertiary/aromatic N) is 3. The van der Waals surface area contributed by atoms with Crippen molar-refractivity contribution in [3.8, 4) is 0 Å². The van der Waals surface area contributed by atoms with E-state index in [9.17, 15) is 9.59 Å². The number of hydrogen-bond donors (Lipinski definition) is 1. The second-order valence-corrected chi connectivity index (χ2v) is 7.79. The zero-order valence-corrected chi connectivity index (χ0v) is 15.5. The summed E-state index contributed by atoms with van der Waals surface area (Å²) < 4.78 is 11.0. The van der Waals surface area contributed by atoms with Gasteiger partial charge in [0.2, 0.25) is 10.7 Å². The van der Waals surface area contributed by atoms with Gasteiger partial charge in [-0.3, -0.25) is 9.59 Å². The van der Waals surface area contributed by atoms with E-state index < -0.39 is 5.56 Å². The van der Waals surface area contributed by atoms with Gasteiger partial charge in [0.05, 0.1) is 12.7 Å². The highest BCUT2D eigenvalue weighted by Gasteiger charge is 2.17. The Hall–Kier alpha value is -2.39. The van der Waals surface area contributed by atoms with Gasteiger partial charge in [0.1, 0.15) is 5.82 Å². The molecule has 2 N–H and O–H groups in total. The van der Waals surface area contributed by atoms with Crippen LogP contribution in [0.3, 0.4) is 0 Å². The molecule has 2 aromatic heterocycles. The zero-order chi connectivity index (χ0) is 18.1. The molecule has 9 heteroatoms. The fourth-order valence-electron chi connectivity index (χ4n) is 2.26. The molecule has 0 aliphatic heterocycles. The summed E-state index contributed by atoms with van der Waals surface area (Å²) in [5, 5.41) is 1.01. The monoisotopic (exact) mass is 376 g/mol. The maximum Gasteiger partial charge on any atom is 0.283 e. The maximum absolute atomic E-state index is 12.4. The summed E-state index contributed by atoms with van der Waals surface area (Å²) in [7, 11) is 1.42. The highest BCUT2D eigenvalue weighted by Crippen LogP contribution is 2.28. The van der Waals surface area contributed by atoms with Gasteiger partial charge in [0.25, 0.3) is 5.56 Å². The predicted molar refractivity (Wildman–Crippen MR) is 99.8 cm³/mol. The molecule has 2 heterocycles. The third-order valence-electron chi connectivity index (χ3n) is 3.37. The van der Waals surface area contributed by atoms with Gasteiger partial charge in [0, 0.05) is 16.8 Å². The van der Waals surface area contributed by atoms with E-state index in [1.54, 1.807) is 34.4 Å². The van der Waals surface area contributed by atoms with Gasteiger partial charge in [-0.25, -0.2) is 4.40 Å². The lowest BCUT2D eigenvalue weighted by Crippen LogP contribution is -2.17. The Morgan fingerprint density at radius 3 is 2.80 bits per heavy atom. The molecule has 0 saturated carbocycles. The normalized spacial score (nSPS) is 16.1. The number of nitrogen functional groups attached to an aromatic ring is 1. The number of fused-ring (bicyclic) bond motifs is 1. The van der Waals surface area contributed by atoms with Crippen LogP contribution in [0.4, 0.5) is 5.82 Å². The average molecular weight is 376 g/mol. The molecule has 7 nitrogen and oxygen atoms in total. The first-order chi connectivity index (χ1) is 11.9. The number of anilines is 1. The highest BCUT2D eigenvalue weighted by atomic mass is 32.2. The van der Waals surface area contributed by atoms with E-state index in [1.807, 2.05) is 13.8 Å². The van der Waals surface area contributed by atoms with E-state index in [2.05, 4.69) is 9.36 Å². The smallest absolute Gasteiger partial charge is 0.283 e. The number of aromatic nitrogens is 3. The number of nitrogens with two attached hydrogens (primary N) is 1. The second kappa shape index (κ2) is 6.85. The highest BCUT2D eigenvalue weighted by molar-refractivity contribution is 7.99. The lowest BCUT2D eigenvalue weighted by Gasteiger charge is -2.09.